The number of para-hydroxylation sites is 1. The smallest absolute Gasteiger partial charge is 0.0864 e. The number of anilines is 1. The fraction of sp³-hybridized carbons (Fsp3) is 0.111. The van der Waals surface area contributed by atoms with Crippen LogP contribution in [0.4, 0.5) is 5.69 Å². The van der Waals surface area contributed by atoms with E-state index in [-0.39, 0.29) is 0 Å². The van der Waals surface area contributed by atoms with E-state index in [1.165, 1.54) is 0 Å². The van der Waals surface area contributed by atoms with E-state index in [0.717, 1.165) is 11.3 Å². The molecule has 0 saturated carbocycles. The van der Waals surface area contributed by atoms with E-state index in [1.54, 1.807) is 18.8 Å². The minimum absolute atomic E-state index is 0.984. The molecular weight excluding hydrogens is 168 g/mol. The molecule has 1 N–H and O–H groups in total. The van der Waals surface area contributed by atoms with Gasteiger partial charge in [0, 0.05) is 23.7 Å². The Hall–Kier alpha value is -1.22. The summed E-state index contributed by atoms with van der Waals surface area (Å²) in [6, 6.07) is 7.82. The summed E-state index contributed by atoms with van der Waals surface area (Å²) in [4.78, 5) is 3.82. The van der Waals surface area contributed by atoms with Crippen molar-refractivity contribution in [3.05, 3.63) is 29.8 Å². The third-order valence-electron chi connectivity index (χ3n) is 1.44. The topological polar surface area (TPSA) is 24.4 Å². The van der Waals surface area contributed by atoms with E-state index in [0.29, 0.717) is 0 Å². The molecule has 0 unspecified atom stereocenters. The summed E-state index contributed by atoms with van der Waals surface area (Å²) in [6.45, 7) is 0. The van der Waals surface area contributed by atoms with Gasteiger partial charge < -0.3 is 5.32 Å². The standard InChI is InChI=1S/C9H10N2S/c1-10-7-11-9-5-3-2-4-8(9)6-12/h2-7H,1H3,(H,10,11). The zero-order chi connectivity index (χ0) is 8.81. The van der Waals surface area contributed by atoms with Crippen molar-refractivity contribution in [1.29, 1.82) is 0 Å². The maximum atomic E-state index is 4.85. The Morgan fingerprint density at radius 2 is 2.17 bits per heavy atom. The van der Waals surface area contributed by atoms with Crippen LogP contribution in [0, 0.1) is 0 Å². The molecule has 0 aliphatic heterocycles. The molecular formula is C9H10N2S. The maximum absolute atomic E-state index is 4.85. The van der Waals surface area contributed by atoms with E-state index in [1.807, 2.05) is 24.3 Å². The second-order valence-corrected chi connectivity index (χ2v) is 2.47. The summed E-state index contributed by atoms with van der Waals surface area (Å²) in [5.74, 6) is 0. The van der Waals surface area contributed by atoms with Crippen LogP contribution in [0.3, 0.4) is 0 Å². The molecule has 0 aliphatic carbocycles. The molecule has 0 fully saturated rings. The van der Waals surface area contributed by atoms with Gasteiger partial charge in [-0.25, -0.2) is 0 Å². The zero-order valence-corrected chi connectivity index (χ0v) is 7.64. The maximum Gasteiger partial charge on any atom is 0.0864 e. The number of thiocarbonyl (C=S) groups is 1. The quantitative estimate of drug-likeness (QED) is 0.435. The van der Waals surface area contributed by atoms with Crippen LogP contribution in [0.5, 0.6) is 0 Å². The average Bonchev–Trinajstić information content (AvgIpc) is 2.15. The Morgan fingerprint density at radius 1 is 1.42 bits per heavy atom. The lowest BCUT2D eigenvalue weighted by molar-refractivity contribution is 1.45. The second kappa shape index (κ2) is 4.62. The van der Waals surface area contributed by atoms with E-state index in [2.05, 4.69) is 10.3 Å². The zero-order valence-electron chi connectivity index (χ0n) is 6.82. The third-order valence-corrected chi connectivity index (χ3v) is 1.69. The predicted molar refractivity (Wildman–Crippen MR) is 57.2 cm³/mol. The molecule has 0 bridgehead atoms. The largest absolute Gasteiger partial charge is 0.346 e. The lowest BCUT2D eigenvalue weighted by Gasteiger charge is -2.02. The van der Waals surface area contributed by atoms with Gasteiger partial charge in [-0.15, -0.1) is 0 Å². The van der Waals surface area contributed by atoms with Gasteiger partial charge in [-0.1, -0.05) is 30.4 Å². The predicted octanol–water partition coefficient (Wildman–Crippen LogP) is 2.10. The number of rotatable bonds is 3. The molecule has 62 valence electrons. The summed E-state index contributed by atoms with van der Waals surface area (Å²) in [7, 11) is 1.72. The van der Waals surface area contributed by atoms with Gasteiger partial charge in [-0.2, -0.15) is 0 Å². The highest BCUT2D eigenvalue weighted by atomic mass is 32.1. The Balaban J connectivity index is 2.89. The van der Waals surface area contributed by atoms with Crippen LogP contribution in [0.2, 0.25) is 0 Å². The minimum Gasteiger partial charge on any atom is -0.346 e. The Morgan fingerprint density at radius 3 is 2.83 bits per heavy atom. The molecule has 0 heterocycles. The van der Waals surface area contributed by atoms with Crippen molar-refractivity contribution in [2.45, 2.75) is 0 Å². The Bertz CT molecular complexity index is 294. The van der Waals surface area contributed by atoms with Crippen molar-refractivity contribution in [3.8, 4) is 0 Å². The van der Waals surface area contributed by atoms with Gasteiger partial charge >= 0.3 is 0 Å². The first-order valence-corrected chi connectivity index (χ1v) is 4.07. The SMILES string of the molecule is CN=CNc1ccccc1C=S. The molecule has 12 heavy (non-hydrogen) atoms. The van der Waals surface area contributed by atoms with Crippen LogP contribution in [0.1, 0.15) is 5.56 Å². The van der Waals surface area contributed by atoms with Crippen LogP contribution in [0.15, 0.2) is 29.3 Å². The lowest BCUT2D eigenvalue weighted by atomic mass is 10.2. The van der Waals surface area contributed by atoms with Crippen molar-refractivity contribution in [1.82, 2.24) is 0 Å². The number of aliphatic imine (C=N–C) groups is 1. The third kappa shape index (κ3) is 2.13. The summed E-state index contributed by atoms with van der Waals surface area (Å²) < 4.78 is 0. The Labute approximate surface area is 77.3 Å². The number of hydrogen-bond acceptors (Lipinski definition) is 2. The van der Waals surface area contributed by atoms with Crippen molar-refractivity contribution >= 4 is 29.6 Å². The van der Waals surface area contributed by atoms with Gasteiger partial charge in [0.05, 0.1) is 6.34 Å². The summed E-state index contributed by atoms with van der Waals surface area (Å²) in [6.07, 6.45) is 1.64. The van der Waals surface area contributed by atoms with Gasteiger partial charge in [0.15, 0.2) is 0 Å². The van der Waals surface area contributed by atoms with Gasteiger partial charge in [0.25, 0.3) is 0 Å². The second-order valence-electron chi connectivity index (χ2n) is 2.24. The van der Waals surface area contributed by atoms with E-state index in [4.69, 9.17) is 12.2 Å². The lowest BCUT2D eigenvalue weighted by Crippen LogP contribution is -1.97. The minimum atomic E-state index is 0.984. The van der Waals surface area contributed by atoms with E-state index >= 15 is 0 Å². The molecule has 1 aromatic rings. The summed E-state index contributed by atoms with van der Waals surface area (Å²) in [5.41, 5.74) is 1.99. The molecule has 1 rings (SSSR count). The number of nitrogens with one attached hydrogen (secondary N) is 1. The Kier molecular flexibility index (Phi) is 3.41. The summed E-state index contributed by atoms with van der Waals surface area (Å²) in [5, 5.41) is 4.67. The summed E-state index contributed by atoms with van der Waals surface area (Å²) >= 11 is 4.85. The first-order valence-electron chi connectivity index (χ1n) is 3.60. The molecule has 0 saturated heterocycles. The first kappa shape index (κ1) is 8.87. The highest BCUT2D eigenvalue weighted by Gasteiger charge is 1.93. The molecule has 0 aliphatic rings. The van der Waals surface area contributed by atoms with E-state index < -0.39 is 0 Å². The van der Waals surface area contributed by atoms with Crippen LogP contribution in [-0.4, -0.2) is 18.8 Å². The molecule has 0 radical (unpaired) electrons. The van der Waals surface area contributed by atoms with E-state index in [9.17, 15) is 0 Å². The van der Waals surface area contributed by atoms with Gasteiger partial charge in [0.1, 0.15) is 0 Å². The first-order chi connectivity index (χ1) is 5.88. The van der Waals surface area contributed by atoms with Crippen LogP contribution < -0.4 is 5.32 Å². The van der Waals surface area contributed by atoms with Gasteiger partial charge in [-0.3, -0.25) is 4.99 Å². The average molecular weight is 178 g/mol. The fourth-order valence-corrected chi connectivity index (χ4v) is 1.07. The number of hydrogen-bond donors (Lipinski definition) is 1. The van der Waals surface area contributed by atoms with Crippen molar-refractivity contribution < 1.29 is 0 Å². The van der Waals surface area contributed by atoms with Gasteiger partial charge in [-0.05, 0) is 6.07 Å². The molecule has 1 aromatic carbocycles. The van der Waals surface area contributed by atoms with Gasteiger partial charge in [0.2, 0.25) is 0 Å². The number of nitrogens with zero attached hydrogens (tertiary/aromatic N) is 1. The van der Waals surface area contributed by atoms with Crippen molar-refractivity contribution in [2.75, 3.05) is 12.4 Å². The monoisotopic (exact) mass is 178 g/mol. The van der Waals surface area contributed by atoms with Crippen molar-refractivity contribution in [2.24, 2.45) is 4.99 Å². The highest BCUT2D eigenvalue weighted by molar-refractivity contribution is 7.79. The molecule has 0 aromatic heterocycles. The highest BCUT2D eigenvalue weighted by Crippen LogP contribution is 2.11. The van der Waals surface area contributed by atoms with Crippen LogP contribution in [-0.2, 0) is 0 Å². The molecule has 2 nitrogen and oxygen atoms in total. The molecule has 0 atom stereocenters. The number of benzene rings is 1. The normalized spacial score (nSPS) is 10.1. The van der Waals surface area contributed by atoms with Crippen molar-refractivity contribution in [3.63, 3.8) is 0 Å². The molecule has 0 amide bonds. The fourth-order valence-electron chi connectivity index (χ4n) is 0.865. The van der Waals surface area contributed by atoms with Crippen LogP contribution in [0.25, 0.3) is 0 Å². The molecule has 3 heteroatoms. The van der Waals surface area contributed by atoms with Crippen LogP contribution >= 0.6 is 12.2 Å². The molecule has 0 spiro atoms.